The van der Waals surface area contributed by atoms with Crippen LogP contribution in [0.3, 0.4) is 0 Å². The molecule has 0 radical (unpaired) electrons. The smallest absolute Gasteiger partial charge is 0.163 e. The predicted octanol–water partition coefficient (Wildman–Crippen LogP) is 3.03. The van der Waals surface area contributed by atoms with Gasteiger partial charge in [-0.15, -0.1) is 0 Å². The van der Waals surface area contributed by atoms with E-state index in [4.69, 9.17) is 4.74 Å². The van der Waals surface area contributed by atoms with Gasteiger partial charge in [-0.25, -0.2) is 14.6 Å². The first-order chi connectivity index (χ1) is 13.7. The third kappa shape index (κ3) is 3.61. The zero-order valence-electron chi connectivity index (χ0n) is 15.1. The van der Waals surface area contributed by atoms with E-state index < -0.39 is 0 Å². The molecule has 140 valence electrons. The molecule has 0 bridgehead atoms. The minimum atomic E-state index is 0.0538. The fourth-order valence-corrected chi connectivity index (χ4v) is 2.81. The van der Waals surface area contributed by atoms with Gasteiger partial charge in [0.1, 0.15) is 6.33 Å². The second kappa shape index (κ2) is 7.75. The quantitative estimate of drug-likeness (QED) is 0.398. The van der Waals surface area contributed by atoms with Crippen molar-refractivity contribution in [1.82, 2.24) is 19.7 Å². The molecule has 0 saturated heterocycles. The number of nitrogens with zero attached hydrogens (tertiary/aromatic N) is 5. The maximum Gasteiger partial charge on any atom is 0.163 e. The van der Waals surface area contributed by atoms with Crippen molar-refractivity contribution in [2.24, 2.45) is 5.10 Å². The number of aromatic hydroxyl groups is 1. The van der Waals surface area contributed by atoms with Crippen LogP contribution in [0.1, 0.15) is 11.1 Å². The molecule has 0 amide bonds. The highest BCUT2D eigenvalue weighted by atomic mass is 16.5. The van der Waals surface area contributed by atoms with E-state index in [1.165, 1.54) is 13.4 Å². The fraction of sp³-hybridized carbons (Fsp3) is 0.100. The summed E-state index contributed by atoms with van der Waals surface area (Å²) >= 11 is 0. The molecule has 4 rings (SSSR count). The lowest BCUT2D eigenvalue weighted by molar-refractivity contribution is 0.373. The normalized spacial score (nSPS) is 11.2. The van der Waals surface area contributed by atoms with E-state index in [0.29, 0.717) is 18.1 Å². The number of methoxy groups -OCH3 is 1. The summed E-state index contributed by atoms with van der Waals surface area (Å²) in [6, 6.07) is 15.1. The molecule has 4 aromatic rings. The number of aromatic nitrogens is 4. The Bertz CT molecular complexity index is 1120. The van der Waals surface area contributed by atoms with Crippen LogP contribution in [-0.4, -0.2) is 38.2 Å². The number of fused-ring (bicyclic) bond motifs is 1. The van der Waals surface area contributed by atoms with Crippen LogP contribution >= 0.6 is 0 Å². The molecule has 2 N–H and O–H groups in total. The standard InChI is InChI=1S/C20H18N6O2/c1-28-18-8-7-15(9-17(18)27)10-23-25-19-16-11-24-26(20(16)22-13-21-19)12-14-5-3-2-4-6-14/h2-11,13,27H,12H2,1H3,(H,21,22,25)/b23-10+. The Morgan fingerprint density at radius 2 is 2.04 bits per heavy atom. The lowest BCUT2D eigenvalue weighted by Crippen LogP contribution is -2.03. The molecule has 2 aromatic carbocycles. The molecular formula is C20H18N6O2. The Balaban J connectivity index is 1.54. The van der Waals surface area contributed by atoms with Crippen LogP contribution < -0.4 is 10.2 Å². The van der Waals surface area contributed by atoms with E-state index in [2.05, 4.69) is 25.6 Å². The molecule has 8 heteroatoms. The Kier molecular flexibility index (Phi) is 4.83. The Morgan fingerprint density at radius 1 is 1.18 bits per heavy atom. The summed E-state index contributed by atoms with van der Waals surface area (Å²) in [5.74, 6) is 1.02. The molecule has 0 aliphatic carbocycles. The molecule has 2 aromatic heterocycles. The van der Waals surface area contributed by atoms with Crippen LogP contribution in [0.5, 0.6) is 11.5 Å². The minimum Gasteiger partial charge on any atom is -0.504 e. The summed E-state index contributed by atoms with van der Waals surface area (Å²) in [6.45, 7) is 0.620. The monoisotopic (exact) mass is 374 g/mol. The highest BCUT2D eigenvalue weighted by Gasteiger charge is 2.09. The van der Waals surface area contributed by atoms with Gasteiger partial charge in [0.2, 0.25) is 0 Å². The second-order valence-corrected chi connectivity index (χ2v) is 6.05. The number of hydrazone groups is 1. The number of hydrogen-bond donors (Lipinski definition) is 2. The largest absolute Gasteiger partial charge is 0.504 e. The van der Waals surface area contributed by atoms with Gasteiger partial charge in [0.15, 0.2) is 23.0 Å². The van der Waals surface area contributed by atoms with Crippen LogP contribution in [0.2, 0.25) is 0 Å². The molecule has 0 unspecified atom stereocenters. The van der Waals surface area contributed by atoms with Gasteiger partial charge in [-0.1, -0.05) is 30.3 Å². The van der Waals surface area contributed by atoms with E-state index in [9.17, 15) is 5.11 Å². The summed E-state index contributed by atoms with van der Waals surface area (Å²) in [7, 11) is 1.50. The molecule has 0 aliphatic rings. The number of anilines is 1. The van der Waals surface area contributed by atoms with Crippen molar-refractivity contribution in [3.8, 4) is 11.5 Å². The van der Waals surface area contributed by atoms with Crippen molar-refractivity contribution in [2.45, 2.75) is 6.54 Å². The van der Waals surface area contributed by atoms with Crippen molar-refractivity contribution in [1.29, 1.82) is 0 Å². The van der Waals surface area contributed by atoms with Crippen molar-refractivity contribution in [2.75, 3.05) is 12.5 Å². The molecule has 8 nitrogen and oxygen atoms in total. The van der Waals surface area contributed by atoms with Crippen molar-refractivity contribution in [3.05, 3.63) is 72.2 Å². The second-order valence-electron chi connectivity index (χ2n) is 6.05. The molecular weight excluding hydrogens is 356 g/mol. The topological polar surface area (TPSA) is 97.5 Å². The fourth-order valence-electron chi connectivity index (χ4n) is 2.81. The van der Waals surface area contributed by atoms with Gasteiger partial charge in [-0.2, -0.15) is 10.2 Å². The van der Waals surface area contributed by atoms with Gasteiger partial charge in [-0.3, -0.25) is 5.43 Å². The highest BCUT2D eigenvalue weighted by Crippen LogP contribution is 2.25. The number of benzene rings is 2. The van der Waals surface area contributed by atoms with E-state index in [0.717, 1.165) is 22.2 Å². The first-order valence-corrected chi connectivity index (χ1v) is 8.61. The van der Waals surface area contributed by atoms with Crippen molar-refractivity contribution in [3.63, 3.8) is 0 Å². The molecule has 0 atom stereocenters. The van der Waals surface area contributed by atoms with E-state index >= 15 is 0 Å². The summed E-state index contributed by atoms with van der Waals surface area (Å²) in [5, 5.41) is 19.2. The SMILES string of the molecule is COc1ccc(/C=N/Nc2ncnc3c2cnn3Cc2ccccc2)cc1O. The summed E-state index contributed by atoms with van der Waals surface area (Å²) in [6.07, 6.45) is 4.78. The first-order valence-electron chi connectivity index (χ1n) is 8.61. The zero-order valence-corrected chi connectivity index (χ0v) is 15.1. The van der Waals surface area contributed by atoms with Gasteiger partial charge >= 0.3 is 0 Å². The van der Waals surface area contributed by atoms with Crippen LogP contribution in [0.4, 0.5) is 5.82 Å². The van der Waals surface area contributed by atoms with E-state index in [-0.39, 0.29) is 5.75 Å². The number of phenolic OH excluding ortho intramolecular Hbond substituents is 1. The van der Waals surface area contributed by atoms with Crippen molar-refractivity contribution >= 4 is 23.1 Å². The van der Waals surface area contributed by atoms with Crippen LogP contribution in [-0.2, 0) is 6.54 Å². The lowest BCUT2D eigenvalue weighted by Gasteiger charge is -2.05. The molecule has 2 heterocycles. The molecule has 28 heavy (non-hydrogen) atoms. The summed E-state index contributed by atoms with van der Waals surface area (Å²) in [5.41, 5.74) is 5.49. The average Bonchev–Trinajstić information content (AvgIpc) is 3.13. The minimum absolute atomic E-state index is 0.0538. The van der Waals surface area contributed by atoms with Gasteiger partial charge < -0.3 is 9.84 Å². The van der Waals surface area contributed by atoms with Crippen LogP contribution in [0, 0.1) is 0 Å². The molecule has 0 saturated carbocycles. The van der Waals surface area contributed by atoms with Crippen LogP contribution in [0.15, 0.2) is 66.2 Å². The number of nitrogens with one attached hydrogen (secondary N) is 1. The number of hydrogen-bond acceptors (Lipinski definition) is 7. The van der Waals surface area contributed by atoms with Gasteiger partial charge in [0, 0.05) is 0 Å². The predicted molar refractivity (Wildman–Crippen MR) is 107 cm³/mol. The Morgan fingerprint density at radius 3 is 2.82 bits per heavy atom. The number of ether oxygens (including phenoxy) is 1. The Labute approximate surface area is 161 Å². The summed E-state index contributed by atoms with van der Waals surface area (Å²) in [4.78, 5) is 8.59. The number of phenols is 1. The lowest BCUT2D eigenvalue weighted by atomic mass is 10.2. The molecule has 0 fully saturated rings. The third-order valence-corrected chi connectivity index (χ3v) is 4.20. The maximum absolute atomic E-state index is 9.83. The van der Waals surface area contributed by atoms with E-state index in [1.54, 1.807) is 30.6 Å². The zero-order chi connectivity index (χ0) is 19.3. The average molecular weight is 374 g/mol. The van der Waals surface area contributed by atoms with Gasteiger partial charge in [-0.05, 0) is 29.3 Å². The van der Waals surface area contributed by atoms with E-state index in [1.807, 2.05) is 35.0 Å². The highest BCUT2D eigenvalue weighted by molar-refractivity contribution is 5.87. The Hall–Kier alpha value is -3.94. The van der Waals surface area contributed by atoms with Gasteiger partial charge in [0.05, 0.1) is 31.5 Å². The third-order valence-electron chi connectivity index (χ3n) is 4.20. The maximum atomic E-state index is 9.83. The van der Waals surface area contributed by atoms with Crippen LogP contribution in [0.25, 0.3) is 11.0 Å². The number of rotatable bonds is 6. The van der Waals surface area contributed by atoms with Gasteiger partial charge in [0.25, 0.3) is 0 Å². The van der Waals surface area contributed by atoms with Crippen molar-refractivity contribution < 1.29 is 9.84 Å². The molecule has 0 spiro atoms. The summed E-state index contributed by atoms with van der Waals surface area (Å²) < 4.78 is 6.85. The first kappa shape index (κ1) is 17.5. The molecule has 0 aliphatic heterocycles.